The van der Waals surface area contributed by atoms with Gasteiger partial charge in [0.15, 0.2) is 0 Å². The molecule has 1 aliphatic heterocycles. The summed E-state index contributed by atoms with van der Waals surface area (Å²) in [6.07, 6.45) is 5.91. The standard InChI is InChI=1S/C16H22N4O2/c1-19-8-6-15(7-9-19)18-17-14-2-4-16(5-3-14)20(10-12-21)11-13-22/h2-8,21-22H,9-13H2,1H3. The normalized spacial score (nSPS) is 14.5. The average molecular weight is 302 g/mol. The van der Waals surface area contributed by atoms with Gasteiger partial charge in [0.25, 0.3) is 0 Å². The Morgan fingerprint density at radius 2 is 1.77 bits per heavy atom. The van der Waals surface area contributed by atoms with Crippen molar-refractivity contribution in [2.45, 2.75) is 0 Å². The van der Waals surface area contributed by atoms with E-state index < -0.39 is 0 Å². The highest BCUT2D eigenvalue weighted by molar-refractivity contribution is 5.52. The Morgan fingerprint density at radius 1 is 1.09 bits per heavy atom. The molecule has 1 heterocycles. The summed E-state index contributed by atoms with van der Waals surface area (Å²) in [6.45, 7) is 1.92. The molecular weight excluding hydrogens is 280 g/mol. The summed E-state index contributed by atoms with van der Waals surface area (Å²) in [5.41, 5.74) is 2.56. The molecule has 1 aliphatic rings. The zero-order chi connectivity index (χ0) is 15.8. The SMILES string of the molecule is CN1C=CC(N=Nc2ccc(N(CCO)CCO)cc2)=CC1. The highest BCUT2D eigenvalue weighted by Gasteiger charge is 2.05. The second-order valence-electron chi connectivity index (χ2n) is 5.03. The fourth-order valence-corrected chi connectivity index (χ4v) is 2.10. The zero-order valence-corrected chi connectivity index (χ0v) is 12.8. The molecule has 0 spiro atoms. The lowest BCUT2D eigenvalue weighted by Crippen LogP contribution is -2.29. The van der Waals surface area contributed by atoms with Crippen LogP contribution in [0.4, 0.5) is 11.4 Å². The van der Waals surface area contributed by atoms with Gasteiger partial charge in [0.2, 0.25) is 0 Å². The zero-order valence-electron chi connectivity index (χ0n) is 12.8. The van der Waals surface area contributed by atoms with Crippen molar-refractivity contribution in [3.05, 3.63) is 48.3 Å². The number of azo groups is 1. The molecule has 2 rings (SSSR count). The van der Waals surface area contributed by atoms with E-state index in [4.69, 9.17) is 10.2 Å². The first-order chi connectivity index (χ1) is 10.7. The molecule has 2 N–H and O–H groups in total. The summed E-state index contributed by atoms with van der Waals surface area (Å²) >= 11 is 0. The van der Waals surface area contributed by atoms with E-state index in [9.17, 15) is 0 Å². The molecule has 0 aliphatic carbocycles. The summed E-state index contributed by atoms with van der Waals surface area (Å²) < 4.78 is 0. The highest BCUT2D eigenvalue weighted by atomic mass is 16.3. The largest absolute Gasteiger partial charge is 0.395 e. The van der Waals surface area contributed by atoms with E-state index in [1.54, 1.807) is 0 Å². The number of nitrogens with zero attached hydrogens (tertiary/aromatic N) is 4. The van der Waals surface area contributed by atoms with Crippen LogP contribution in [0.3, 0.4) is 0 Å². The predicted molar refractivity (Wildman–Crippen MR) is 87.2 cm³/mol. The summed E-state index contributed by atoms with van der Waals surface area (Å²) in [5, 5.41) is 26.5. The van der Waals surface area contributed by atoms with Crippen molar-refractivity contribution in [1.82, 2.24) is 4.90 Å². The second kappa shape index (κ2) is 8.31. The van der Waals surface area contributed by atoms with Crippen LogP contribution in [0.5, 0.6) is 0 Å². The maximum atomic E-state index is 9.05. The predicted octanol–water partition coefficient (Wildman–Crippen LogP) is 1.90. The van der Waals surface area contributed by atoms with Crippen LogP contribution in [-0.4, -0.2) is 55.0 Å². The van der Waals surface area contributed by atoms with Gasteiger partial charge in [-0.3, -0.25) is 0 Å². The molecule has 0 unspecified atom stereocenters. The molecule has 0 fully saturated rings. The number of likely N-dealkylation sites (N-methyl/N-ethyl adjacent to an activating group) is 1. The summed E-state index contributed by atoms with van der Waals surface area (Å²) in [7, 11) is 2.00. The van der Waals surface area contributed by atoms with Crippen LogP contribution in [0.2, 0.25) is 0 Å². The van der Waals surface area contributed by atoms with Crippen LogP contribution < -0.4 is 4.90 Å². The Hall–Kier alpha value is -2.18. The van der Waals surface area contributed by atoms with Gasteiger partial charge in [-0.15, -0.1) is 0 Å². The monoisotopic (exact) mass is 302 g/mol. The molecule has 6 nitrogen and oxygen atoms in total. The van der Waals surface area contributed by atoms with E-state index in [0.29, 0.717) is 13.1 Å². The minimum atomic E-state index is 0.0520. The fraction of sp³-hybridized carbons (Fsp3) is 0.375. The minimum absolute atomic E-state index is 0.0520. The summed E-state index contributed by atoms with van der Waals surface area (Å²) in [6, 6.07) is 7.58. The molecular formula is C16H22N4O2. The van der Waals surface area contributed by atoms with Crippen molar-refractivity contribution in [2.24, 2.45) is 10.2 Å². The maximum absolute atomic E-state index is 9.05. The average Bonchev–Trinajstić information content (AvgIpc) is 2.55. The molecule has 22 heavy (non-hydrogen) atoms. The van der Waals surface area contributed by atoms with Crippen molar-refractivity contribution >= 4 is 11.4 Å². The van der Waals surface area contributed by atoms with E-state index in [1.165, 1.54) is 0 Å². The molecule has 1 aromatic carbocycles. The molecule has 0 radical (unpaired) electrons. The van der Waals surface area contributed by atoms with Gasteiger partial charge in [-0.1, -0.05) is 0 Å². The number of hydrogen-bond donors (Lipinski definition) is 2. The number of aliphatic hydroxyl groups is 2. The van der Waals surface area contributed by atoms with Crippen molar-refractivity contribution < 1.29 is 10.2 Å². The lowest BCUT2D eigenvalue weighted by molar-refractivity contribution is 0.281. The van der Waals surface area contributed by atoms with Crippen LogP contribution in [0.1, 0.15) is 0 Å². The van der Waals surface area contributed by atoms with E-state index in [0.717, 1.165) is 23.6 Å². The lowest BCUT2D eigenvalue weighted by atomic mass is 10.2. The van der Waals surface area contributed by atoms with Crippen molar-refractivity contribution in [3.63, 3.8) is 0 Å². The van der Waals surface area contributed by atoms with Crippen LogP contribution in [0.25, 0.3) is 0 Å². The minimum Gasteiger partial charge on any atom is -0.395 e. The maximum Gasteiger partial charge on any atom is 0.0858 e. The molecule has 0 saturated heterocycles. The molecule has 0 bridgehead atoms. The number of hydrogen-bond acceptors (Lipinski definition) is 6. The van der Waals surface area contributed by atoms with Gasteiger partial charge in [0, 0.05) is 38.6 Å². The number of benzene rings is 1. The van der Waals surface area contributed by atoms with Gasteiger partial charge in [-0.25, -0.2) is 0 Å². The van der Waals surface area contributed by atoms with Crippen LogP contribution in [-0.2, 0) is 0 Å². The first kappa shape index (κ1) is 16.2. The Kier molecular flexibility index (Phi) is 6.12. The molecule has 0 amide bonds. The second-order valence-corrected chi connectivity index (χ2v) is 5.03. The Balaban J connectivity index is 2.01. The van der Waals surface area contributed by atoms with E-state index in [1.807, 2.05) is 54.6 Å². The number of rotatable bonds is 7. The third-order valence-electron chi connectivity index (χ3n) is 3.32. The van der Waals surface area contributed by atoms with Crippen molar-refractivity contribution in [2.75, 3.05) is 44.8 Å². The molecule has 0 atom stereocenters. The van der Waals surface area contributed by atoms with E-state index >= 15 is 0 Å². The Bertz CT molecular complexity index is 546. The molecule has 6 heteroatoms. The number of anilines is 1. The Morgan fingerprint density at radius 3 is 2.32 bits per heavy atom. The summed E-state index contributed by atoms with van der Waals surface area (Å²) in [5.74, 6) is 0. The smallest absolute Gasteiger partial charge is 0.0858 e. The summed E-state index contributed by atoms with van der Waals surface area (Å²) in [4.78, 5) is 3.98. The van der Waals surface area contributed by atoms with E-state index in [-0.39, 0.29) is 13.2 Å². The Labute approximate surface area is 130 Å². The quantitative estimate of drug-likeness (QED) is 0.755. The van der Waals surface area contributed by atoms with Crippen molar-refractivity contribution in [1.29, 1.82) is 0 Å². The van der Waals surface area contributed by atoms with Gasteiger partial charge in [-0.05, 0) is 36.4 Å². The van der Waals surface area contributed by atoms with Gasteiger partial charge in [0.1, 0.15) is 0 Å². The van der Waals surface area contributed by atoms with Crippen LogP contribution in [0, 0.1) is 0 Å². The molecule has 0 saturated carbocycles. The number of aliphatic hydroxyl groups excluding tert-OH is 2. The van der Waals surface area contributed by atoms with Gasteiger partial charge < -0.3 is 20.0 Å². The van der Waals surface area contributed by atoms with Gasteiger partial charge >= 0.3 is 0 Å². The van der Waals surface area contributed by atoms with E-state index in [2.05, 4.69) is 15.1 Å². The van der Waals surface area contributed by atoms with Crippen molar-refractivity contribution in [3.8, 4) is 0 Å². The lowest BCUT2D eigenvalue weighted by Gasteiger charge is -2.22. The third kappa shape index (κ3) is 4.68. The first-order valence-corrected chi connectivity index (χ1v) is 7.30. The molecule has 118 valence electrons. The van der Waals surface area contributed by atoms with Gasteiger partial charge in [-0.2, -0.15) is 10.2 Å². The fourth-order valence-electron chi connectivity index (χ4n) is 2.10. The number of allylic oxidation sites excluding steroid dienone is 1. The first-order valence-electron chi connectivity index (χ1n) is 7.30. The van der Waals surface area contributed by atoms with Crippen LogP contribution >= 0.6 is 0 Å². The topological polar surface area (TPSA) is 71.7 Å². The molecule has 0 aromatic heterocycles. The van der Waals surface area contributed by atoms with Crippen LogP contribution in [0.15, 0.2) is 58.5 Å². The molecule has 1 aromatic rings. The highest BCUT2D eigenvalue weighted by Crippen LogP contribution is 2.21. The third-order valence-corrected chi connectivity index (χ3v) is 3.32. The van der Waals surface area contributed by atoms with Gasteiger partial charge in [0.05, 0.1) is 24.6 Å².